The van der Waals surface area contributed by atoms with Gasteiger partial charge in [0.05, 0.1) is 19.2 Å². The number of benzene rings is 3. The summed E-state index contributed by atoms with van der Waals surface area (Å²) in [4.78, 5) is 12.3. The number of hydrazone groups is 1. The smallest absolute Gasteiger partial charge is 0.247 e. The molecule has 3 rings (SSSR count). The molecule has 0 heterocycles. The van der Waals surface area contributed by atoms with Crippen molar-refractivity contribution in [3.63, 3.8) is 0 Å². The number of para-hydroxylation sites is 1. The van der Waals surface area contributed by atoms with E-state index >= 15 is 0 Å². The Balaban J connectivity index is 1.72. The van der Waals surface area contributed by atoms with Gasteiger partial charge < -0.3 is 9.84 Å². The van der Waals surface area contributed by atoms with Gasteiger partial charge in [0, 0.05) is 5.56 Å². The summed E-state index contributed by atoms with van der Waals surface area (Å²) >= 11 is 0. The van der Waals surface area contributed by atoms with Crippen LogP contribution in [0.15, 0.2) is 65.8 Å². The number of carbonyl (C=O) groups excluding carboxylic acids is 1. The molecule has 1 unspecified atom stereocenters. The lowest BCUT2D eigenvalue weighted by Crippen LogP contribution is -2.23. The topological polar surface area (TPSA) is 70.9 Å². The number of nitrogens with one attached hydrogen (secondary N) is 1. The Hall–Kier alpha value is -3.34. The molecular formula is C21H20N2O3. The summed E-state index contributed by atoms with van der Waals surface area (Å²) in [6.07, 6.45) is 1.42. The Labute approximate surface area is 151 Å². The summed E-state index contributed by atoms with van der Waals surface area (Å²) in [5.41, 5.74) is 3.96. The molecule has 0 aromatic heterocycles. The summed E-state index contributed by atoms with van der Waals surface area (Å²) in [5, 5.41) is 15.7. The molecular weight excluding hydrogens is 328 g/mol. The van der Waals surface area contributed by atoms with Gasteiger partial charge in [-0.1, -0.05) is 36.4 Å². The number of nitrogens with zero attached hydrogens (tertiary/aromatic N) is 1. The molecule has 0 aliphatic heterocycles. The molecule has 2 N–H and O–H groups in total. The lowest BCUT2D eigenvalue weighted by molar-refractivity contribution is -0.122. The third-order valence-electron chi connectivity index (χ3n) is 4.28. The molecule has 3 aromatic carbocycles. The summed E-state index contributed by atoms with van der Waals surface area (Å²) in [6, 6.07) is 18.5. The van der Waals surface area contributed by atoms with Crippen LogP contribution in [0.2, 0.25) is 0 Å². The van der Waals surface area contributed by atoms with Crippen LogP contribution in [0.4, 0.5) is 0 Å². The normalized spacial score (nSPS) is 12.2. The number of amides is 1. The van der Waals surface area contributed by atoms with Crippen molar-refractivity contribution in [2.45, 2.75) is 12.8 Å². The van der Waals surface area contributed by atoms with Crippen molar-refractivity contribution in [2.75, 3.05) is 7.11 Å². The maximum atomic E-state index is 12.3. The van der Waals surface area contributed by atoms with Crippen LogP contribution in [-0.2, 0) is 4.79 Å². The first-order valence-electron chi connectivity index (χ1n) is 8.27. The van der Waals surface area contributed by atoms with Crippen LogP contribution in [-0.4, -0.2) is 24.3 Å². The average Bonchev–Trinajstić information content (AvgIpc) is 2.67. The first kappa shape index (κ1) is 17.5. The molecule has 0 bridgehead atoms. The van der Waals surface area contributed by atoms with Crippen molar-refractivity contribution in [1.29, 1.82) is 0 Å². The summed E-state index contributed by atoms with van der Waals surface area (Å²) in [5.74, 6) is 0.339. The zero-order valence-electron chi connectivity index (χ0n) is 14.6. The molecule has 0 fully saturated rings. The van der Waals surface area contributed by atoms with Crippen molar-refractivity contribution >= 4 is 22.9 Å². The van der Waals surface area contributed by atoms with Crippen molar-refractivity contribution < 1.29 is 14.6 Å². The zero-order chi connectivity index (χ0) is 18.5. The first-order chi connectivity index (χ1) is 12.6. The molecule has 0 saturated heterocycles. The predicted molar refractivity (Wildman–Crippen MR) is 103 cm³/mol. The highest BCUT2D eigenvalue weighted by molar-refractivity contribution is 5.89. The molecule has 0 spiro atoms. The third-order valence-corrected chi connectivity index (χ3v) is 4.28. The second kappa shape index (κ2) is 7.70. The van der Waals surface area contributed by atoms with Crippen molar-refractivity contribution in [2.24, 2.45) is 5.10 Å². The molecule has 5 nitrogen and oxygen atoms in total. The number of ether oxygens (including phenoxy) is 1. The van der Waals surface area contributed by atoms with Gasteiger partial charge in [-0.3, -0.25) is 4.79 Å². The number of methoxy groups -OCH3 is 1. The van der Waals surface area contributed by atoms with E-state index in [0.717, 1.165) is 22.1 Å². The minimum absolute atomic E-state index is 0.114. The monoisotopic (exact) mass is 348 g/mol. The summed E-state index contributed by atoms with van der Waals surface area (Å²) < 4.78 is 5.23. The molecule has 1 atom stereocenters. The Bertz CT molecular complexity index is 966. The van der Waals surface area contributed by atoms with Gasteiger partial charge in [-0.15, -0.1) is 0 Å². The number of phenols is 1. The molecule has 0 aliphatic rings. The van der Waals surface area contributed by atoms with E-state index in [1.54, 1.807) is 31.4 Å². The maximum absolute atomic E-state index is 12.3. The van der Waals surface area contributed by atoms with Gasteiger partial charge in [-0.05, 0) is 47.5 Å². The number of carbonyl (C=O) groups is 1. The molecule has 0 radical (unpaired) electrons. The van der Waals surface area contributed by atoms with E-state index in [2.05, 4.69) is 10.5 Å². The minimum Gasteiger partial charge on any atom is -0.507 e. The van der Waals surface area contributed by atoms with Crippen LogP contribution < -0.4 is 10.2 Å². The number of hydrogen-bond acceptors (Lipinski definition) is 4. The highest BCUT2D eigenvalue weighted by Gasteiger charge is 2.15. The molecule has 5 heteroatoms. The third kappa shape index (κ3) is 3.83. The van der Waals surface area contributed by atoms with E-state index in [1.807, 2.05) is 43.3 Å². The molecule has 3 aromatic rings. The van der Waals surface area contributed by atoms with Crippen molar-refractivity contribution in [3.05, 3.63) is 71.8 Å². The molecule has 132 valence electrons. The highest BCUT2D eigenvalue weighted by Crippen LogP contribution is 2.25. The second-order valence-corrected chi connectivity index (χ2v) is 5.99. The summed E-state index contributed by atoms with van der Waals surface area (Å²) in [7, 11) is 1.64. The zero-order valence-corrected chi connectivity index (χ0v) is 14.6. The SMILES string of the molecule is COc1ccc2cc(C(C)C(=O)NN=Cc3ccccc3O)ccc2c1. The molecule has 0 aliphatic carbocycles. The minimum atomic E-state index is -0.358. The lowest BCUT2D eigenvalue weighted by Gasteiger charge is -2.11. The van der Waals surface area contributed by atoms with Gasteiger partial charge >= 0.3 is 0 Å². The van der Waals surface area contributed by atoms with Crippen LogP contribution in [0, 0.1) is 0 Å². The highest BCUT2D eigenvalue weighted by atomic mass is 16.5. The maximum Gasteiger partial charge on any atom is 0.247 e. The van der Waals surface area contributed by atoms with E-state index in [0.29, 0.717) is 5.56 Å². The molecule has 26 heavy (non-hydrogen) atoms. The van der Waals surface area contributed by atoms with Crippen LogP contribution in [0.1, 0.15) is 24.0 Å². The Morgan fingerprint density at radius 1 is 1.12 bits per heavy atom. The second-order valence-electron chi connectivity index (χ2n) is 5.99. The predicted octanol–water partition coefficient (Wildman–Crippen LogP) is 3.81. The molecule has 1 amide bonds. The van der Waals surface area contributed by atoms with Crippen LogP contribution in [0.25, 0.3) is 10.8 Å². The first-order valence-corrected chi connectivity index (χ1v) is 8.27. The fraction of sp³-hybridized carbons (Fsp3) is 0.143. The Morgan fingerprint density at radius 2 is 1.85 bits per heavy atom. The van der Waals surface area contributed by atoms with Crippen LogP contribution >= 0.6 is 0 Å². The van der Waals surface area contributed by atoms with Gasteiger partial charge in [0.2, 0.25) is 5.91 Å². The quantitative estimate of drug-likeness (QED) is 0.544. The van der Waals surface area contributed by atoms with Gasteiger partial charge in [0.25, 0.3) is 0 Å². The van der Waals surface area contributed by atoms with Crippen LogP contribution in [0.5, 0.6) is 11.5 Å². The van der Waals surface area contributed by atoms with E-state index in [4.69, 9.17) is 4.74 Å². The van der Waals surface area contributed by atoms with Crippen LogP contribution in [0.3, 0.4) is 0 Å². The Morgan fingerprint density at radius 3 is 2.62 bits per heavy atom. The van der Waals surface area contributed by atoms with Crippen molar-refractivity contribution in [1.82, 2.24) is 5.43 Å². The van der Waals surface area contributed by atoms with Gasteiger partial charge in [0.15, 0.2) is 0 Å². The van der Waals surface area contributed by atoms with Gasteiger partial charge in [-0.2, -0.15) is 5.10 Å². The van der Waals surface area contributed by atoms with E-state index in [9.17, 15) is 9.90 Å². The molecule has 0 saturated carbocycles. The Kier molecular flexibility index (Phi) is 5.17. The summed E-state index contributed by atoms with van der Waals surface area (Å²) in [6.45, 7) is 1.83. The van der Waals surface area contributed by atoms with E-state index < -0.39 is 0 Å². The largest absolute Gasteiger partial charge is 0.507 e. The fourth-order valence-corrected chi connectivity index (χ4v) is 2.65. The average molecular weight is 348 g/mol. The fourth-order valence-electron chi connectivity index (χ4n) is 2.65. The van der Waals surface area contributed by atoms with E-state index in [1.165, 1.54) is 6.21 Å². The van der Waals surface area contributed by atoms with Gasteiger partial charge in [-0.25, -0.2) is 5.43 Å². The number of hydrogen-bond donors (Lipinski definition) is 2. The number of rotatable bonds is 5. The standard InChI is InChI=1S/C21H20N2O3/c1-14(21(25)23-22-13-18-5-3-4-6-20(18)24)15-7-8-17-12-19(26-2)10-9-16(17)11-15/h3-14,24H,1-2H3,(H,23,25). The van der Waals surface area contributed by atoms with Gasteiger partial charge in [0.1, 0.15) is 11.5 Å². The number of phenolic OH excluding ortho intramolecular Hbond substituents is 1. The van der Waals surface area contributed by atoms with E-state index in [-0.39, 0.29) is 17.6 Å². The number of aromatic hydroxyl groups is 1. The van der Waals surface area contributed by atoms with Crippen molar-refractivity contribution in [3.8, 4) is 11.5 Å². The lowest BCUT2D eigenvalue weighted by atomic mass is 9.97. The number of fused-ring (bicyclic) bond motifs is 1.